The average Bonchev–Trinajstić information content (AvgIpc) is 3.32. The van der Waals surface area contributed by atoms with E-state index >= 15 is 0 Å². The number of sulfonamides is 1. The number of esters is 1. The maximum Gasteiger partial charge on any atom is 0.355 e. The van der Waals surface area contributed by atoms with Crippen molar-refractivity contribution in [3.63, 3.8) is 0 Å². The molecular formula is C20H24N2O5S. The van der Waals surface area contributed by atoms with Crippen LogP contribution in [0.3, 0.4) is 0 Å². The van der Waals surface area contributed by atoms with Gasteiger partial charge in [-0.25, -0.2) is 13.2 Å². The first kappa shape index (κ1) is 20.3. The Labute approximate surface area is 165 Å². The summed E-state index contributed by atoms with van der Waals surface area (Å²) in [5, 5.41) is 0. The zero-order valence-electron chi connectivity index (χ0n) is 16.3. The Morgan fingerprint density at radius 2 is 1.79 bits per heavy atom. The summed E-state index contributed by atoms with van der Waals surface area (Å²) < 4.78 is 33.3. The zero-order valence-corrected chi connectivity index (χ0v) is 17.1. The van der Waals surface area contributed by atoms with Gasteiger partial charge in [0.2, 0.25) is 15.8 Å². The predicted octanol–water partition coefficient (Wildman–Crippen LogP) is 2.47. The third kappa shape index (κ3) is 4.02. The van der Waals surface area contributed by atoms with Crippen molar-refractivity contribution in [2.45, 2.75) is 31.6 Å². The molecule has 28 heavy (non-hydrogen) atoms. The fourth-order valence-electron chi connectivity index (χ4n) is 3.27. The molecule has 0 N–H and O–H groups in total. The van der Waals surface area contributed by atoms with Crippen LogP contribution in [0.5, 0.6) is 0 Å². The van der Waals surface area contributed by atoms with E-state index < -0.39 is 22.6 Å². The molecule has 0 saturated carbocycles. The van der Waals surface area contributed by atoms with Crippen LogP contribution in [0.15, 0.2) is 35.4 Å². The molecule has 1 aliphatic heterocycles. The van der Waals surface area contributed by atoms with Gasteiger partial charge in [0.25, 0.3) is 0 Å². The summed E-state index contributed by atoms with van der Waals surface area (Å²) in [7, 11) is -2.05. The van der Waals surface area contributed by atoms with Gasteiger partial charge in [-0.15, -0.1) is 0 Å². The van der Waals surface area contributed by atoms with Crippen molar-refractivity contribution in [3.8, 4) is 0 Å². The number of benzene rings is 1. The Bertz CT molecular complexity index is 1020. The second kappa shape index (κ2) is 7.89. The fourth-order valence-corrected chi connectivity index (χ4v) is 4.86. The first-order valence-electron chi connectivity index (χ1n) is 9.14. The van der Waals surface area contributed by atoms with E-state index in [1.165, 1.54) is 21.1 Å². The van der Waals surface area contributed by atoms with Crippen LogP contribution in [-0.2, 0) is 21.8 Å². The number of nitrogens with zero attached hydrogens (tertiary/aromatic N) is 2. The van der Waals surface area contributed by atoms with Crippen LogP contribution >= 0.6 is 0 Å². The third-order valence-corrected chi connectivity index (χ3v) is 6.78. The van der Waals surface area contributed by atoms with Crippen molar-refractivity contribution in [1.82, 2.24) is 8.87 Å². The lowest BCUT2D eigenvalue weighted by molar-refractivity contribution is 0.0465. The maximum atomic E-state index is 12.6. The topological polar surface area (TPSA) is 85.7 Å². The zero-order chi connectivity index (χ0) is 20.5. The minimum Gasteiger partial charge on any atom is -0.453 e. The molecule has 0 spiro atoms. The lowest BCUT2D eigenvalue weighted by Crippen LogP contribution is -2.27. The molecule has 7 nitrogen and oxygen atoms in total. The fraction of sp³-hybridized carbons (Fsp3) is 0.400. The first-order chi connectivity index (χ1) is 13.2. The van der Waals surface area contributed by atoms with Crippen molar-refractivity contribution in [2.75, 3.05) is 19.7 Å². The van der Waals surface area contributed by atoms with E-state index in [1.54, 1.807) is 13.1 Å². The van der Waals surface area contributed by atoms with E-state index in [9.17, 15) is 18.0 Å². The summed E-state index contributed by atoms with van der Waals surface area (Å²) in [4.78, 5) is 24.9. The van der Waals surface area contributed by atoms with Gasteiger partial charge in [0, 0.05) is 31.9 Å². The maximum absolute atomic E-state index is 12.6. The summed E-state index contributed by atoms with van der Waals surface area (Å²) in [6, 6.07) is 6.81. The van der Waals surface area contributed by atoms with Gasteiger partial charge in [-0.3, -0.25) is 4.79 Å². The van der Waals surface area contributed by atoms with Crippen LogP contribution in [0, 0.1) is 13.8 Å². The van der Waals surface area contributed by atoms with Gasteiger partial charge in [0.05, 0.1) is 0 Å². The Morgan fingerprint density at radius 3 is 2.46 bits per heavy atom. The SMILES string of the molecule is Cc1ccc(C)c(C(=O)COC(=O)c2cc(S(=O)(=O)N3CCCC3)cn2C)c1. The summed E-state index contributed by atoms with van der Waals surface area (Å²) >= 11 is 0. The van der Waals surface area contributed by atoms with Crippen LogP contribution < -0.4 is 0 Å². The molecule has 1 aromatic heterocycles. The second-order valence-corrected chi connectivity index (χ2v) is 9.04. The molecule has 1 aromatic carbocycles. The molecule has 0 unspecified atom stereocenters. The van der Waals surface area contributed by atoms with Gasteiger partial charge in [-0.2, -0.15) is 4.31 Å². The van der Waals surface area contributed by atoms with Crippen molar-refractivity contribution < 1.29 is 22.7 Å². The van der Waals surface area contributed by atoms with E-state index in [2.05, 4.69) is 0 Å². The quantitative estimate of drug-likeness (QED) is 0.545. The summed E-state index contributed by atoms with van der Waals surface area (Å²) in [6.07, 6.45) is 3.07. The van der Waals surface area contributed by atoms with Crippen molar-refractivity contribution in [3.05, 3.63) is 52.8 Å². The van der Waals surface area contributed by atoms with Crippen molar-refractivity contribution >= 4 is 21.8 Å². The highest BCUT2D eigenvalue weighted by atomic mass is 32.2. The lowest BCUT2D eigenvalue weighted by Gasteiger charge is -2.13. The Hall–Kier alpha value is -2.45. The monoisotopic (exact) mass is 404 g/mol. The smallest absolute Gasteiger partial charge is 0.355 e. The summed E-state index contributed by atoms with van der Waals surface area (Å²) in [5.41, 5.74) is 2.35. The molecule has 0 radical (unpaired) electrons. The number of carbonyl (C=O) groups is 2. The van der Waals surface area contributed by atoms with E-state index in [1.807, 2.05) is 26.0 Å². The highest BCUT2D eigenvalue weighted by Crippen LogP contribution is 2.23. The van der Waals surface area contributed by atoms with Gasteiger partial charge >= 0.3 is 5.97 Å². The summed E-state index contributed by atoms with van der Waals surface area (Å²) in [6.45, 7) is 4.28. The van der Waals surface area contributed by atoms with Crippen LogP contribution in [0.2, 0.25) is 0 Å². The number of hydrogen-bond acceptors (Lipinski definition) is 5. The van der Waals surface area contributed by atoms with Crippen molar-refractivity contribution in [2.24, 2.45) is 7.05 Å². The number of Topliss-reactive ketones (excluding diaryl/α,β-unsaturated/α-hetero) is 1. The van der Waals surface area contributed by atoms with Gasteiger partial charge < -0.3 is 9.30 Å². The van der Waals surface area contributed by atoms with E-state index in [0.29, 0.717) is 18.7 Å². The molecule has 1 saturated heterocycles. The number of carbonyl (C=O) groups excluding carboxylic acids is 2. The van der Waals surface area contributed by atoms with Crippen LogP contribution in [0.4, 0.5) is 0 Å². The normalized spacial score (nSPS) is 15.0. The van der Waals surface area contributed by atoms with Gasteiger partial charge in [0.15, 0.2) is 6.61 Å². The summed E-state index contributed by atoms with van der Waals surface area (Å²) in [5.74, 6) is -1.03. The standard InChI is InChI=1S/C20H24N2O5S/c1-14-6-7-15(2)17(10-14)19(23)13-27-20(24)18-11-16(12-21(18)3)28(25,26)22-8-4-5-9-22/h6-7,10-12H,4-5,8-9,13H2,1-3H3. The molecule has 150 valence electrons. The lowest BCUT2D eigenvalue weighted by atomic mass is 10.0. The number of ketones is 1. The van der Waals surface area contributed by atoms with Crippen molar-refractivity contribution in [1.29, 1.82) is 0 Å². The first-order valence-corrected chi connectivity index (χ1v) is 10.6. The molecular weight excluding hydrogens is 380 g/mol. The number of aryl methyl sites for hydroxylation is 3. The molecule has 1 fully saturated rings. The van der Waals surface area contributed by atoms with Gasteiger partial charge in [-0.05, 0) is 44.4 Å². The number of aromatic nitrogens is 1. The Balaban J connectivity index is 1.72. The minimum absolute atomic E-state index is 0.0599. The van der Waals surface area contributed by atoms with Gasteiger partial charge in [0.1, 0.15) is 10.6 Å². The van der Waals surface area contributed by atoms with E-state index in [4.69, 9.17) is 4.74 Å². The highest BCUT2D eigenvalue weighted by Gasteiger charge is 2.29. The van der Waals surface area contributed by atoms with Gasteiger partial charge in [-0.1, -0.05) is 17.7 Å². The molecule has 0 aliphatic carbocycles. The Morgan fingerprint density at radius 1 is 1.11 bits per heavy atom. The number of rotatable bonds is 6. The average molecular weight is 404 g/mol. The second-order valence-electron chi connectivity index (χ2n) is 7.10. The van der Waals surface area contributed by atoms with Crippen LogP contribution in [-0.4, -0.2) is 48.7 Å². The van der Waals surface area contributed by atoms with E-state index in [0.717, 1.165) is 24.0 Å². The largest absolute Gasteiger partial charge is 0.453 e. The third-order valence-electron chi connectivity index (χ3n) is 4.92. The molecule has 3 rings (SSSR count). The molecule has 2 heterocycles. The molecule has 2 aromatic rings. The number of ether oxygens (including phenoxy) is 1. The Kier molecular flexibility index (Phi) is 5.71. The molecule has 1 aliphatic rings. The van der Waals surface area contributed by atoms with E-state index in [-0.39, 0.29) is 16.4 Å². The van der Waals surface area contributed by atoms with Crippen LogP contribution in [0.1, 0.15) is 44.8 Å². The molecule has 0 amide bonds. The molecule has 0 atom stereocenters. The molecule has 8 heteroatoms. The number of hydrogen-bond donors (Lipinski definition) is 0. The minimum atomic E-state index is -3.62. The highest BCUT2D eigenvalue weighted by molar-refractivity contribution is 7.89. The van der Waals surface area contributed by atoms with Crippen LogP contribution in [0.25, 0.3) is 0 Å². The predicted molar refractivity (Wildman–Crippen MR) is 104 cm³/mol. The molecule has 0 bridgehead atoms.